The Morgan fingerprint density at radius 2 is 1.83 bits per heavy atom. The highest BCUT2D eigenvalue weighted by molar-refractivity contribution is 6.07. The van der Waals surface area contributed by atoms with Crippen LogP contribution < -0.4 is 16.0 Å². The van der Waals surface area contributed by atoms with Gasteiger partial charge in [0, 0.05) is 41.5 Å². The zero-order valence-electron chi connectivity index (χ0n) is 11.7. The second-order valence-corrected chi connectivity index (χ2v) is 4.43. The minimum Gasteiger partial charge on any atom is -0.406 e. The van der Waals surface area contributed by atoms with Crippen LogP contribution in [0.15, 0.2) is 53.6 Å². The molecule has 0 amide bonds. The third kappa shape index (κ3) is 4.00. The molecule has 0 aliphatic carbocycles. The Morgan fingerprint density at radius 3 is 2.35 bits per heavy atom. The van der Waals surface area contributed by atoms with Gasteiger partial charge in [0.1, 0.15) is 5.75 Å². The van der Waals surface area contributed by atoms with Crippen LogP contribution in [0.2, 0.25) is 0 Å². The lowest BCUT2D eigenvalue weighted by Crippen LogP contribution is -2.18. The van der Waals surface area contributed by atoms with Gasteiger partial charge in [0.2, 0.25) is 0 Å². The Kier molecular flexibility index (Phi) is 4.54. The van der Waals surface area contributed by atoms with Gasteiger partial charge >= 0.3 is 6.36 Å². The smallest absolute Gasteiger partial charge is 0.406 e. The molecule has 0 fully saturated rings. The summed E-state index contributed by atoms with van der Waals surface area (Å²) in [5.74, 6) is -0.382. The van der Waals surface area contributed by atoms with Crippen molar-refractivity contribution in [1.82, 2.24) is 4.57 Å². The van der Waals surface area contributed by atoms with Crippen molar-refractivity contribution in [2.75, 3.05) is 0 Å². The molecule has 0 atom stereocenters. The molecule has 23 heavy (non-hydrogen) atoms. The van der Waals surface area contributed by atoms with E-state index in [9.17, 15) is 18.0 Å². The Bertz CT molecular complexity index is 793. The summed E-state index contributed by atoms with van der Waals surface area (Å²) in [6.07, 6.45) is -1.07. The maximum Gasteiger partial charge on any atom is 0.573 e. The molecule has 2 aromatic rings. The van der Waals surface area contributed by atoms with Crippen molar-refractivity contribution in [2.24, 2.45) is 5.73 Å². The first kappa shape index (κ1) is 16.3. The predicted molar refractivity (Wildman–Crippen MR) is 79.7 cm³/mol. The lowest BCUT2D eigenvalue weighted by Gasteiger charge is -2.11. The van der Waals surface area contributed by atoms with Crippen LogP contribution in [0.25, 0.3) is 11.3 Å². The largest absolute Gasteiger partial charge is 0.573 e. The summed E-state index contributed by atoms with van der Waals surface area (Å²) in [4.78, 5) is 11.9. The van der Waals surface area contributed by atoms with Crippen molar-refractivity contribution in [2.45, 2.75) is 6.36 Å². The van der Waals surface area contributed by atoms with Gasteiger partial charge in [0.15, 0.2) is 0 Å². The summed E-state index contributed by atoms with van der Waals surface area (Å²) in [5.41, 5.74) is 6.30. The second-order valence-electron chi connectivity index (χ2n) is 4.43. The molecule has 120 valence electrons. The fraction of sp³-hybridized carbons (Fsp3) is 0.0667. The van der Waals surface area contributed by atoms with Crippen molar-refractivity contribution in [3.8, 4) is 11.4 Å². The minimum atomic E-state index is -4.77. The quantitative estimate of drug-likeness (QED) is 0.849. The fourth-order valence-electron chi connectivity index (χ4n) is 1.90. The number of nitrogens with two attached hydrogens (primary N) is 1. The highest BCUT2D eigenvalue weighted by atomic mass is 19.4. The van der Waals surface area contributed by atoms with E-state index in [1.807, 2.05) is 0 Å². The van der Waals surface area contributed by atoms with E-state index in [-0.39, 0.29) is 11.3 Å². The summed E-state index contributed by atoms with van der Waals surface area (Å²) >= 11 is 0. The lowest BCUT2D eigenvalue weighted by molar-refractivity contribution is -0.274. The average molecular weight is 323 g/mol. The van der Waals surface area contributed by atoms with Crippen molar-refractivity contribution < 1.29 is 17.9 Å². The van der Waals surface area contributed by atoms with Crippen LogP contribution in [0.3, 0.4) is 0 Å². The minimum absolute atomic E-state index is 0.354. The molecular formula is C15H12F3N3O2. The van der Waals surface area contributed by atoms with E-state index in [1.54, 1.807) is 0 Å². The monoisotopic (exact) mass is 323 g/mol. The van der Waals surface area contributed by atoms with Crippen LogP contribution >= 0.6 is 0 Å². The molecule has 0 unspecified atom stereocenters. The van der Waals surface area contributed by atoms with Gasteiger partial charge in [-0.15, -0.1) is 13.2 Å². The molecule has 1 heterocycles. The van der Waals surface area contributed by atoms with Crippen LogP contribution in [-0.2, 0) is 0 Å². The number of halogens is 3. The molecular weight excluding hydrogens is 311 g/mol. The molecule has 3 N–H and O–H groups in total. The summed E-state index contributed by atoms with van der Waals surface area (Å²) in [5, 5.41) is 7.25. The number of hydrogen-bond donors (Lipinski definition) is 2. The molecule has 0 saturated heterocycles. The number of benzene rings is 1. The van der Waals surface area contributed by atoms with Crippen molar-refractivity contribution in [3.63, 3.8) is 0 Å². The number of ether oxygens (including phenoxy) is 1. The zero-order valence-corrected chi connectivity index (χ0v) is 11.7. The molecule has 0 bridgehead atoms. The standard InChI is InChI=1S/C15H12F3N3O2/c16-15(17,18)23-13-4-2-12(3-5-13)21-9-10(1-6-14(21)22)11(7-19)8-20/h1-9,19H,20H2/b11-8+,19-7?. The lowest BCUT2D eigenvalue weighted by atomic mass is 10.1. The molecule has 0 aliphatic heterocycles. The highest BCUT2D eigenvalue weighted by Crippen LogP contribution is 2.23. The van der Waals surface area contributed by atoms with E-state index in [2.05, 4.69) is 4.74 Å². The number of nitrogens with one attached hydrogen (secondary N) is 1. The van der Waals surface area contributed by atoms with E-state index in [0.29, 0.717) is 16.8 Å². The first-order chi connectivity index (χ1) is 10.8. The number of pyridine rings is 1. The van der Waals surface area contributed by atoms with E-state index in [0.717, 1.165) is 18.3 Å². The number of aromatic nitrogens is 1. The molecule has 0 aliphatic rings. The number of alkyl halides is 3. The average Bonchev–Trinajstić information content (AvgIpc) is 2.49. The molecule has 1 aromatic heterocycles. The number of hydrogen-bond acceptors (Lipinski definition) is 4. The summed E-state index contributed by atoms with van der Waals surface area (Å²) < 4.78 is 41.4. The predicted octanol–water partition coefficient (Wildman–Crippen LogP) is 2.69. The van der Waals surface area contributed by atoms with E-state index in [4.69, 9.17) is 11.1 Å². The molecule has 0 radical (unpaired) electrons. The van der Waals surface area contributed by atoms with Crippen LogP contribution in [-0.4, -0.2) is 17.1 Å². The van der Waals surface area contributed by atoms with Gasteiger partial charge in [0.25, 0.3) is 5.56 Å². The molecule has 0 saturated carbocycles. The SMILES string of the molecule is N=C/C(=C\N)c1ccc(=O)n(-c2ccc(OC(F)(F)F)cc2)c1. The van der Waals surface area contributed by atoms with E-state index >= 15 is 0 Å². The topological polar surface area (TPSA) is 81.1 Å². The Hall–Kier alpha value is -3.03. The van der Waals surface area contributed by atoms with Crippen LogP contribution in [0.5, 0.6) is 5.75 Å². The number of allylic oxidation sites excluding steroid dienone is 1. The maximum atomic E-state index is 12.1. The molecule has 8 heteroatoms. The molecule has 5 nitrogen and oxygen atoms in total. The van der Waals surface area contributed by atoms with Gasteiger partial charge in [-0.05, 0) is 30.3 Å². The maximum absolute atomic E-state index is 12.1. The number of nitrogens with zero attached hydrogens (tertiary/aromatic N) is 1. The third-order valence-electron chi connectivity index (χ3n) is 2.93. The van der Waals surface area contributed by atoms with Crippen molar-refractivity contribution >= 4 is 11.8 Å². The number of rotatable bonds is 4. The molecule has 0 spiro atoms. The summed E-state index contributed by atoms with van der Waals surface area (Å²) in [6.45, 7) is 0. The molecule has 2 rings (SSSR count). The Labute approximate surface area is 128 Å². The van der Waals surface area contributed by atoms with Gasteiger partial charge in [-0.1, -0.05) is 0 Å². The summed E-state index contributed by atoms with van der Waals surface area (Å²) in [6, 6.07) is 7.65. The van der Waals surface area contributed by atoms with Crippen molar-refractivity contribution in [3.05, 3.63) is 64.7 Å². The normalized spacial score (nSPS) is 12.0. The first-order valence-electron chi connectivity index (χ1n) is 6.35. The Balaban J connectivity index is 2.40. The molecule has 1 aromatic carbocycles. The third-order valence-corrected chi connectivity index (χ3v) is 2.93. The van der Waals surface area contributed by atoms with Gasteiger partial charge in [-0.2, -0.15) is 0 Å². The van der Waals surface area contributed by atoms with Gasteiger partial charge in [-0.25, -0.2) is 0 Å². The van der Waals surface area contributed by atoms with Crippen LogP contribution in [0.1, 0.15) is 5.56 Å². The van der Waals surface area contributed by atoms with Crippen LogP contribution in [0.4, 0.5) is 13.2 Å². The van der Waals surface area contributed by atoms with Gasteiger partial charge < -0.3 is 15.9 Å². The zero-order chi connectivity index (χ0) is 17.0. The highest BCUT2D eigenvalue weighted by Gasteiger charge is 2.30. The van der Waals surface area contributed by atoms with E-state index < -0.39 is 6.36 Å². The van der Waals surface area contributed by atoms with Crippen molar-refractivity contribution in [1.29, 1.82) is 5.41 Å². The van der Waals surface area contributed by atoms with Crippen LogP contribution in [0, 0.1) is 5.41 Å². The van der Waals surface area contributed by atoms with Gasteiger partial charge in [-0.3, -0.25) is 9.36 Å². The van der Waals surface area contributed by atoms with Gasteiger partial charge in [0.05, 0.1) is 0 Å². The first-order valence-corrected chi connectivity index (χ1v) is 6.35. The Morgan fingerprint density at radius 1 is 1.17 bits per heavy atom. The second kappa shape index (κ2) is 6.39. The van der Waals surface area contributed by atoms with E-state index in [1.165, 1.54) is 41.2 Å². The summed E-state index contributed by atoms with van der Waals surface area (Å²) in [7, 11) is 0. The fourth-order valence-corrected chi connectivity index (χ4v) is 1.90.